The zero-order valence-corrected chi connectivity index (χ0v) is 16.9. The van der Waals surface area contributed by atoms with Crippen LogP contribution in [0.4, 0.5) is 5.69 Å². The molecule has 2 N–H and O–H groups in total. The fourth-order valence-corrected chi connectivity index (χ4v) is 4.48. The number of sulfonamides is 1. The van der Waals surface area contributed by atoms with Crippen molar-refractivity contribution in [2.75, 3.05) is 18.4 Å². The molecule has 0 aliphatic carbocycles. The smallest absolute Gasteiger partial charge is 0.282 e. The van der Waals surface area contributed by atoms with Crippen LogP contribution in [0, 0.1) is 12.8 Å². The second-order valence-electron chi connectivity index (χ2n) is 7.03. The lowest BCUT2D eigenvalue weighted by atomic mass is 9.94. The number of benzene rings is 2. The summed E-state index contributed by atoms with van der Waals surface area (Å²) in [7, 11) is -3.77. The standard InChI is InChI=1S/C21H25N3O3S/c1-15-14-19(28(26,27)24-16(2)17-10-12-22-13-11-17)8-9-20(15)23-21(25)18-6-4-3-5-7-18/h3-9,14,17,22H,10-13H2,1-2H3,(H,23,25)/b24-16-. The van der Waals surface area contributed by atoms with Gasteiger partial charge >= 0.3 is 0 Å². The van der Waals surface area contributed by atoms with Gasteiger partial charge in [0.05, 0.1) is 4.90 Å². The summed E-state index contributed by atoms with van der Waals surface area (Å²) in [6, 6.07) is 13.5. The molecule has 0 spiro atoms. The molecule has 0 bridgehead atoms. The average molecular weight is 400 g/mol. The molecule has 6 nitrogen and oxygen atoms in total. The molecule has 1 fully saturated rings. The number of nitrogens with one attached hydrogen (secondary N) is 2. The molecule has 0 atom stereocenters. The Morgan fingerprint density at radius 1 is 1.11 bits per heavy atom. The van der Waals surface area contributed by atoms with Crippen molar-refractivity contribution in [3.63, 3.8) is 0 Å². The summed E-state index contributed by atoms with van der Waals surface area (Å²) in [5.41, 5.74) is 2.44. The molecule has 1 aliphatic heterocycles. The third kappa shape index (κ3) is 4.85. The highest BCUT2D eigenvalue weighted by Crippen LogP contribution is 2.23. The van der Waals surface area contributed by atoms with E-state index in [1.807, 2.05) is 6.07 Å². The van der Waals surface area contributed by atoms with Crippen molar-refractivity contribution in [2.45, 2.75) is 31.6 Å². The third-order valence-corrected chi connectivity index (χ3v) is 6.35. The Hall–Kier alpha value is -2.51. The quantitative estimate of drug-likeness (QED) is 0.755. The van der Waals surface area contributed by atoms with E-state index in [0.717, 1.165) is 25.9 Å². The molecule has 0 unspecified atom stereocenters. The Bertz CT molecular complexity index is 979. The Kier molecular flexibility index (Phi) is 6.26. The topological polar surface area (TPSA) is 87.6 Å². The molecule has 1 amide bonds. The highest BCUT2D eigenvalue weighted by Gasteiger charge is 2.20. The second-order valence-corrected chi connectivity index (χ2v) is 8.63. The zero-order valence-electron chi connectivity index (χ0n) is 16.1. The van der Waals surface area contributed by atoms with E-state index >= 15 is 0 Å². The first-order valence-electron chi connectivity index (χ1n) is 9.36. The van der Waals surface area contributed by atoms with Crippen molar-refractivity contribution in [1.82, 2.24) is 5.32 Å². The minimum atomic E-state index is -3.77. The number of piperidine rings is 1. The Morgan fingerprint density at radius 2 is 1.79 bits per heavy atom. The van der Waals surface area contributed by atoms with E-state index in [9.17, 15) is 13.2 Å². The largest absolute Gasteiger partial charge is 0.322 e. The maximum Gasteiger partial charge on any atom is 0.282 e. The van der Waals surface area contributed by atoms with Crippen LogP contribution in [0.1, 0.15) is 35.7 Å². The predicted octanol–water partition coefficient (Wildman–Crippen LogP) is 3.40. The summed E-state index contributed by atoms with van der Waals surface area (Å²) in [5.74, 6) is -0.0411. The van der Waals surface area contributed by atoms with Gasteiger partial charge in [0, 0.05) is 22.9 Å². The summed E-state index contributed by atoms with van der Waals surface area (Å²) in [5, 5.41) is 6.09. The average Bonchev–Trinajstić information content (AvgIpc) is 2.70. The first-order valence-corrected chi connectivity index (χ1v) is 10.8. The molecule has 0 aromatic heterocycles. The number of nitrogens with zero attached hydrogens (tertiary/aromatic N) is 1. The summed E-state index contributed by atoms with van der Waals surface area (Å²) in [6.07, 6.45) is 1.79. The van der Waals surface area contributed by atoms with Gasteiger partial charge in [-0.05, 0) is 75.7 Å². The van der Waals surface area contributed by atoms with Gasteiger partial charge in [-0.2, -0.15) is 12.8 Å². The predicted molar refractivity (Wildman–Crippen MR) is 111 cm³/mol. The number of amides is 1. The van der Waals surface area contributed by atoms with Crippen molar-refractivity contribution >= 4 is 27.3 Å². The molecular weight excluding hydrogens is 374 g/mol. The maximum absolute atomic E-state index is 12.7. The lowest BCUT2D eigenvalue weighted by molar-refractivity contribution is 0.102. The number of carbonyl (C=O) groups excluding carboxylic acids is 1. The SMILES string of the molecule is C/C(=N/S(=O)(=O)c1ccc(NC(=O)c2ccccc2)c(C)c1)C1CCNCC1. The Labute approximate surface area is 166 Å². The van der Waals surface area contributed by atoms with Crippen LogP contribution in [0.3, 0.4) is 0 Å². The van der Waals surface area contributed by atoms with E-state index in [2.05, 4.69) is 15.0 Å². The number of hydrogen-bond acceptors (Lipinski definition) is 4. The maximum atomic E-state index is 12.7. The van der Waals surface area contributed by atoms with Crippen LogP contribution in [0.15, 0.2) is 57.8 Å². The van der Waals surface area contributed by atoms with Crippen LogP contribution in [-0.2, 0) is 10.0 Å². The van der Waals surface area contributed by atoms with Crippen LogP contribution in [0.2, 0.25) is 0 Å². The minimum Gasteiger partial charge on any atom is -0.322 e. The van der Waals surface area contributed by atoms with Gasteiger partial charge in [-0.1, -0.05) is 18.2 Å². The van der Waals surface area contributed by atoms with Gasteiger partial charge in [0.2, 0.25) is 0 Å². The molecule has 3 rings (SSSR count). The Morgan fingerprint density at radius 3 is 2.43 bits per heavy atom. The van der Waals surface area contributed by atoms with Crippen LogP contribution >= 0.6 is 0 Å². The molecule has 2 aromatic carbocycles. The molecular formula is C21H25N3O3S. The van der Waals surface area contributed by atoms with Gasteiger partial charge in [-0.15, -0.1) is 0 Å². The fourth-order valence-electron chi connectivity index (χ4n) is 3.28. The first-order chi connectivity index (χ1) is 13.4. The van der Waals surface area contributed by atoms with E-state index in [4.69, 9.17) is 0 Å². The van der Waals surface area contributed by atoms with Crippen LogP contribution in [0.25, 0.3) is 0 Å². The molecule has 148 valence electrons. The highest BCUT2D eigenvalue weighted by atomic mass is 32.2. The van der Waals surface area contributed by atoms with E-state index < -0.39 is 10.0 Å². The summed E-state index contributed by atoms with van der Waals surface area (Å²) in [6.45, 7) is 5.32. The van der Waals surface area contributed by atoms with Crippen molar-refractivity contribution in [3.05, 3.63) is 59.7 Å². The van der Waals surface area contributed by atoms with E-state index in [0.29, 0.717) is 22.5 Å². The van der Waals surface area contributed by atoms with Gasteiger partial charge in [-0.25, -0.2) is 0 Å². The van der Waals surface area contributed by atoms with Gasteiger partial charge in [0.1, 0.15) is 0 Å². The van der Waals surface area contributed by atoms with Crippen LogP contribution < -0.4 is 10.6 Å². The molecule has 28 heavy (non-hydrogen) atoms. The van der Waals surface area contributed by atoms with E-state index in [1.165, 1.54) is 6.07 Å². The number of aryl methyl sites for hydroxylation is 1. The molecule has 1 aliphatic rings. The Balaban J connectivity index is 1.78. The number of hydrogen-bond donors (Lipinski definition) is 2. The van der Waals surface area contributed by atoms with Crippen molar-refractivity contribution in [2.24, 2.45) is 10.3 Å². The van der Waals surface area contributed by atoms with Gasteiger partial charge < -0.3 is 10.6 Å². The lowest BCUT2D eigenvalue weighted by Crippen LogP contribution is -2.31. The normalized spacial score (nSPS) is 16.0. The molecule has 1 heterocycles. The number of carbonyl (C=O) groups is 1. The molecule has 2 aromatic rings. The molecule has 0 radical (unpaired) electrons. The van der Waals surface area contributed by atoms with E-state index in [-0.39, 0.29) is 16.7 Å². The molecule has 7 heteroatoms. The van der Waals surface area contributed by atoms with Gasteiger partial charge in [0.25, 0.3) is 15.9 Å². The van der Waals surface area contributed by atoms with Crippen LogP contribution in [0.5, 0.6) is 0 Å². The van der Waals surface area contributed by atoms with Crippen molar-refractivity contribution in [1.29, 1.82) is 0 Å². The third-order valence-electron chi connectivity index (χ3n) is 4.97. The lowest BCUT2D eigenvalue weighted by Gasteiger charge is -2.22. The van der Waals surface area contributed by atoms with Crippen molar-refractivity contribution in [3.8, 4) is 0 Å². The second kappa shape index (κ2) is 8.67. The van der Waals surface area contributed by atoms with Crippen LogP contribution in [-0.4, -0.2) is 33.1 Å². The summed E-state index contributed by atoms with van der Waals surface area (Å²) >= 11 is 0. The number of anilines is 1. The summed E-state index contributed by atoms with van der Waals surface area (Å²) < 4.78 is 29.5. The molecule has 0 saturated carbocycles. The van der Waals surface area contributed by atoms with Gasteiger partial charge in [-0.3, -0.25) is 4.79 Å². The van der Waals surface area contributed by atoms with E-state index in [1.54, 1.807) is 50.2 Å². The summed E-state index contributed by atoms with van der Waals surface area (Å²) in [4.78, 5) is 12.4. The highest BCUT2D eigenvalue weighted by molar-refractivity contribution is 7.90. The fraction of sp³-hybridized carbons (Fsp3) is 0.333. The zero-order chi connectivity index (χ0) is 20.1. The monoisotopic (exact) mass is 399 g/mol. The first kappa shape index (κ1) is 20.2. The van der Waals surface area contributed by atoms with Crippen molar-refractivity contribution < 1.29 is 13.2 Å². The number of rotatable bonds is 5. The molecule has 1 saturated heterocycles. The van der Waals surface area contributed by atoms with Gasteiger partial charge in [0.15, 0.2) is 0 Å². The minimum absolute atomic E-state index is 0.135.